The fourth-order valence-electron chi connectivity index (χ4n) is 1.84. The molecule has 1 aliphatic rings. The number of aryl methyl sites for hydroxylation is 1. The summed E-state index contributed by atoms with van der Waals surface area (Å²) in [7, 11) is 0. The fourth-order valence-corrected chi connectivity index (χ4v) is 2.46. The first kappa shape index (κ1) is 8.92. The van der Waals surface area contributed by atoms with Crippen LogP contribution in [0.2, 0.25) is 0 Å². The van der Waals surface area contributed by atoms with Gasteiger partial charge in [0.1, 0.15) is 5.75 Å². The van der Waals surface area contributed by atoms with Crippen molar-refractivity contribution in [3.05, 3.63) is 34.2 Å². The van der Waals surface area contributed by atoms with Gasteiger partial charge in [-0.15, -0.1) is 11.3 Å². The first-order valence-electron chi connectivity index (χ1n) is 5.01. The normalized spacial score (nSPS) is 13.7. The van der Waals surface area contributed by atoms with E-state index in [1.165, 1.54) is 11.1 Å². The molecular weight excluding hydrogens is 206 g/mol. The van der Waals surface area contributed by atoms with Crippen molar-refractivity contribution in [1.82, 2.24) is 4.98 Å². The van der Waals surface area contributed by atoms with E-state index in [1.54, 1.807) is 11.3 Å². The van der Waals surface area contributed by atoms with Crippen LogP contribution in [-0.4, -0.2) is 11.6 Å². The molecule has 2 heterocycles. The molecule has 2 nitrogen and oxygen atoms in total. The summed E-state index contributed by atoms with van der Waals surface area (Å²) in [6.45, 7) is 2.85. The third-order valence-electron chi connectivity index (χ3n) is 2.60. The van der Waals surface area contributed by atoms with Gasteiger partial charge in [-0.3, -0.25) is 0 Å². The zero-order valence-corrected chi connectivity index (χ0v) is 9.30. The highest BCUT2D eigenvalue weighted by Gasteiger charge is 2.13. The maximum absolute atomic E-state index is 5.48. The standard InChI is InChI=1S/C12H11NOS/c1-8-13-11(7-15-8)9-2-3-12-10(6-9)4-5-14-12/h2-3,6-7H,4-5H2,1H3. The van der Waals surface area contributed by atoms with E-state index < -0.39 is 0 Å². The number of benzene rings is 1. The minimum absolute atomic E-state index is 0.814. The lowest BCUT2D eigenvalue weighted by Gasteiger charge is -2.00. The Balaban J connectivity index is 2.06. The Bertz CT molecular complexity index is 504. The topological polar surface area (TPSA) is 22.1 Å². The number of nitrogens with zero attached hydrogens (tertiary/aromatic N) is 1. The molecule has 0 N–H and O–H groups in total. The second-order valence-corrected chi connectivity index (χ2v) is 4.73. The van der Waals surface area contributed by atoms with E-state index in [1.807, 2.05) is 13.0 Å². The highest BCUT2D eigenvalue weighted by Crippen LogP contribution is 2.30. The molecule has 0 saturated heterocycles. The zero-order chi connectivity index (χ0) is 10.3. The SMILES string of the molecule is Cc1nc(-c2ccc3c(c2)CCO3)cs1. The van der Waals surface area contributed by atoms with Gasteiger partial charge in [-0.05, 0) is 30.7 Å². The van der Waals surface area contributed by atoms with Crippen LogP contribution in [0.5, 0.6) is 5.75 Å². The number of hydrogen-bond acceptors (Lipinski definition) is 3. The van der Waals surface area contributed by atoms with Crippen molar-refractivity contribution < 1.29 is 4.74 Å². The van der Waals surface area contributed by atoms with Crippen LogP contribution in [0.3, 0.4) is 0 Å². The second kappa shape index (κ2) is 3.35. The van der Waals surface area contributed by atoms with Crippen LogP contribution in [0.1, 0.15) is 10.6 Å². The number of ether oxygens (including phenoxy) is 1. The first-order valence-corrected chi connectivity index (χ1v) is 5.89. The molecule has 3 heteroatoms. The first-order chi connectivity index (χ1) is 7.33. The van der Waals surface area contributed by atoms with E-state index in [2.05, 4.69) is 22.5 Å². The van der Waals surface area contributed by atoms with E-state index in [0.29, 0.717) is 0 Å². The minimum atomic E-state index is 0.814. The Kier molecular flexibility index (Phi) is 1.99. The zero-order valence-electron chi connectivity index (χ0n) is 8.49. The van der Waals surface area contributed by atoms with E-state index in [0.717, 1.165) is 29.5 Å². The molecule has 1 aromatic heterocycles. The van der Waals surface area contributed by atoms with Crippen molar-refractivity contribution in [3.63, 3.8) is 0 Å². The third-order valence-corrected chi connectivity index (χ3v) is 3.38. The lowest BCUT2D eigenvalue weighted by atomic mass is 10.1. The van der Waals surface area contributed by atoms with E-state index in [4.69, 9.17) is 4.74 Å². The second-order valence-electron chi connectivity index (χ2n) is 3.67. The predicted molar refractivity (Wildman–Crippen MR) is 61.5 cm³/mol. The van der Waals surface area contributed by atoms with Crippen LogP contribution < -0.4 is 4.74 Å². The average Bonchev–Trinajstić information content (AvgIpc) is 2.84. The van der Waals surface area contributed by atoms with Crippen molar-refractivity contribution in [3.8, 4) is 17.0 Å². The molecule has 0 unspecified atom stereocenters. The monoisotopic (exact) mass is 217 g/mol. The Hall–Kier alpha value is -1.35. The number of aromatic nitrogens is 1. The molecular formula is C12H11NOS. The maximum Gasteiger partial charge on any atom is 0.122 e. The van der Waals surface area contributed by atoms with Gasteiger partial charge >= 0.3 is 0 Å². The molecule has 15 heavy (non-hydrogen) atoms. The Morgan fingerprint density at radius 3 is 3.13 bits per heavy atom. The van der Waals surface area contributed by atoms with E-state index >= 15 is 0 Å². The highest BCUT2D eigenvalue weighted by molar-refractivity contribution is 7.09. The Morgan fingerprint density at radius 1 is 1.40 bits per heavy atom. The molecule has 0 spiro atoms. The molecule has 1 aliphatic heterocycles. The van der Waals surface area contributed by atoms with E-state index in [9.17, 15) is 0 Å². The number of fused-ring (bicyclic) bond motifs is 1. The molecule has 76 valence electrons. The molecule has 0 fully saturated rings. The van der Waals surface area contributed by atoms with Crippen LogP contribution in [0.15, 0.2) is 23.6 Å². The van der Waals surface area contributed by atoms with Gasteiger partial charge in [0.15, 0.2) is 0 Å². The summed E-state index contributed by atoms with van der Waals surface area (Å²) in [4.78, 5) is 4.48. The summed E-state index contributed by atoms with van der Waals surface area (Å²) >= 11 is 1.69. The highest BCUT2D eigenvalue weighted by atomic mass is 32.1. The summed E-state index contributed by atoms with van der Waals surface area (Å²) in [6.07, 6.45) is 1.02. The number of rotatable bonds is 1. The van der Waals surface area contributed by atoms with Gasteiger partial charge in [-0.1, -0.05) is 0 Å². The van der Waals surface area contributed by atoms with Crippen molar-refractivity contribution >= 4 is 11.3 Å². The van der Waals surface area contributed by atoms with Gasteiger partial charge in [0.05, 0.1) is 17.3 Å². The van der Waals surface area contributed by atoms with Crippen LogP contribution >= 0.6 is 11.3 Å². The molecule has 0 aliphatic carbocycles. The molecule has 0 radical (unpaired) electrons. The quantitative estimate of drug-likeness (QED) is 0.732. The summed E-state index contributed by atoms with van der Waals surface area (Å²) in [6, 6.07) is 6.32. The summed E-state index contributed by atoms with van der Waals surface area (Å²) in [5, 5.41) is 3.22. The van der Waals surface area contributed by atoms with Crippen LogP contribution in [-0.2, 0) is 6.42 Å². The number of hydrogen-bond donors (Lipinski definition) is 0. The maximum atomic E-state index is 5.48. The molecule has 0 bridgehead atoms. The Labute approximate surface area is 92.6 Å². The fraction of sp³-hybridized carbons (Fsp3) is 0.250. The van der Waals surface area contributed by atoms with Crippen LogP contribution in [0, 0.1) is 6.92 Å². The molecule has 0 saturated carbocycles. The summed E-state index contributed by atoms with van der Waals surface area (Å²) in [5.41, 5.74) is 3.58. The molecule has 0 amide bonds. The molecule has 1 aromatic carbocycles. The van der Waals surface area contributed by atoms with Crippen molar-refractivity contribution in [2.45, 2.75) is 13.3 Å². The molecule has 3 rings (SSSR count). The van der Waals surface area contributed by atoms with Gasteiger partial charge in [0.2, 0.25) is 0 Å². The smallest absolute Gasteiger partial charge is 0.122 e. The largest absolute Gasteiger partial charge is 0.493 e. The van der Waals surface area contributed by atoms with Gasteiger partial charge in [0, 0.05) is 17.4 Å². The summed E-state index contributed by atoms with van der Waals surface area (Å²) < 4.78 is 5.48. The number of thiazole rings is 1. The summed E-state index contributed by atoms with van der Waals surface area (Å²) in [5.74, 6) is 1.03. The van der Waals surface area contributed by atoms with Crippen molar-refractivity contribution in [2.24, 2.45) is 0 Å². The van der Waals surface area contributed by atoms with Gasteiger partial charge in [-0.25, -0.2) is 4.98 Å². The average molecular weight is 217 g/mol. The lowest BCUT2D eigenvalue weighted by Crippen LogP contribution is -1.85. The van der Waals surface area contributed by atoms with Crippen LogP contribution in [0.4, 0.5) is 0 Å². The molecule has 0 atom stereocenters. The van der Waals surface area contributed by atoms with Gasteiger partial charge < -0.3 is 4.74 Å². The van der Waals surface area contributed by atoms with Gasteiger partial charge in [0.25, 0.3) is 0 Å². The third kappa shape index (κ3) is 1.53. The minimum Gasteiger partial charge on any atom is -0.493 e. The van der Waals surface area contributed by atoms with Crippen molar-refractivity contribution in [2.75, 3.05) is 6.61 Å². The van der Waals surface area contributed by atoms with Gasteiger partial charge in [-0.2, -0.15) is 0 Å². The lowest BCUT2D eigenvalue weighted by molar-refractivity contribution is 0.357. The van der Waals surface area contributed by atoms with Crippen molar-refractivity contribution in [1.29, 1.82) is 0 Å². The van der Waals surface area contributed by atoms with E-state index in [-0.39, 0.29) is 0 Å². The predicted octanol–water partition coefficient (Wildman–Crippen LogP) is 3.05. The molecule has 2 aromatic rings. The van der Waals surface area contributed by atoms with Crippen LogP contribution in [0.25, 0.3) is 11.3 Å². The Morgan fingerprint density at radius 2 is 2.33 bits per heavy atom.